The maximum atomic E-state index is 13.0. The normalized spacial score (nSPS) is 11.0. The molecule has 0 heterocycles. The Bertz CT molecular complexity index is 1130. The maximum Gasteiger partial charge on any atom is 0.261 e. The zero-order valence-corrected chi connectivity index (χ0v) is 16.6. The number of halogens is 1. The first-order valence-electron chi connectivity index (χ1n) is 8.63. The van der Waals surface area contributed by atoms with Gasteiger partial charge in [-0.15, -0.1) is 0 Å². The van der Waals surface area contributed by atoms with Crippen LogP contribution in [0.15, 0.2) is 71.6 Å². The second-order valence-corrected chi connectivity index (χ2v) is 7.98. The molecule has 0 aliphatic heterocycles. The first-order valence-corrected chi connectivity index (χ1v) is 10.1. The van der Waals surface area contributed by atoms with Crippen molar-refractivity contribution in [3.63, 3.8) is 0 Å². The summed E-state index contributed by atoms with van der Waals surface area (Å²) in [4.78, 5) is 12.5. The summed E-state index contributed by atoms with van der Waals surface area (Å²) in [6.07, 6.45) is 0. The maximum absolute atomic E-state index is 13.0. The average Bonchev–Trinajstić information content (AvgIpc) is 2.70. The highest BCUT2D eigenvalue weighted by atomic mass is 32.2. The lowest BCUT2D eigenvalue weighted by atomic mass is 10.1. The molecular formula is C21H19FN2O4S. The summed E-state index contributed by atoms with van der Waals surface area (Å²) >= 11 is 0. The van der Waals surface area contributed by atoms with E-state index in [1.54, 1.807) is 12.1 Å². The fourth-order valence-electron chi connectivity index (χ4n) is 2.63. The number of rotatable bonds is 6. The van der Waals surface area contributed by atoms with Crippen LogP contribution in [0, 0.1) is 12.7 Å². The summed E-state index contributed by atoms with van der Waals surface area (Å²) in [5, 5.41) is 2.76. The lowest BCUT2D eigenvalue weighted by Gasteiger charge is -2.12. The van der Waals surface area contributed by atoms with Gasteiger partial charge in [-0.05, 0) is 73.2 Å². The molecule has 3 rings (SSSR count). The Labute approximate surface area is 168 Å². The highest BCUT2D eigenvalue weighted by Gasteiger charge is 2.16. The molecule has 0 fully saturated rings. The minimum absolute atomic E-state index is 0.0217. The third kappa shape index (κ3) is 4.91. The average molecular weight is 414 g/mol. The first-order chi connectivity index (χ1) is 13.8. The minimum Gasteiger partial charge on any atom is -0.495 e. The van der Waals surface area contributed by atoms with Crippen molar-refractivity contribution >= 4 is 27.3 Å². The molecule has 6 nitrogen and oxygen atoms in total. The summed E-state index contributed by atoms with van der Waals surface area (Å²) in [6.45, 7) is 1.89. The van der Waals surface area contributed by atoms with Gasteiger partial charge in [0.05, 0.1) is 17.7 Å². The molecule has 0 radical (unpaired) electrons. The number of aryl methyl sites for hydroxylation is 1. The van der Waals surface area contributed by atoms with E-state index >= 15 is 0 Å². The Morgan fingerprint density at radius 3 is 2.24 bits per heavy atom. The molecular weight excluding hydrogens is 395 g/mol. The summed E-state index contributed by atoms with van der Waals surface area (Å²) in [6, 6.07) is 15.8. The summed E-state index contributed by atoms with van der Waals surface area (Å²) in [5.74, 6) is -0.343. The second kappa shape index (κ2) is 8.32. The van der Waals surface area contributed by atoms with Crippen molar-refractivity contribution in [2.75, 3.05) is 17.1 Å². The number of hydrogen-bond donors (Lipinski definition) is 2. The minimum atomic E-state index is -3.87. The SMILES string of the molecule is COc1ccc(C)cc1NC(=O)c1ccc(S(=O)(=O)Nc2ccc(F)cc2)cc1. The molecule has 0 aliphatic carbocycles. The summed E-state index contributed by atoms with van der Waals surface area (Å²) < 4.78 is 45.5. The van der Waals surface area contributed by atoms with Gasteiger partial charge >= 0.3 is 0 Å². The monoisotopic (exact) mass is 414 g/mol. The van der Waals surface area contributed by atoms with Gasteiger partial charge in [-0.1, -0.05) is 6.07 Å². The quantitative estimate of drug-likeness (QED) is 0.633. The summed E-state index contributed by atoms with van der Waals surface area (Å²) in [5.41, 5.74) is 2.00. The van der Waals surface area contributed by atoms with E-state index in [2.05, 4.69) is 10.0 Å². The first kappa shape index (κ1) is 20.3. The van der Waals surface area contributed by atoms with Gasteiger partial charge in [-0.3, -0.25) is 9.52 Å². The van der Waals surface area contributed by atoms with Gasteiger partial charge < -0.3 is 10.1 Å². The molecule has 0 aromatic heterocycles. The van der Waals surface area contributed by atoms with Crippen LogP contribution < -0.4 is 14.8 Å². The Morgan fingerprint density at radius 2 is 1.62 bits per heavy atom. The second-order valence-electron chi connectivity index (χ2n) is 6.29. The zero-order valence-electron chi connectivity index (χ0n) is 15.8. The largest absolute Gasteiger partial charge is 0.495 e. The molecule has 0 unspecified atom stereocenters. The Kier molecular flexibility index (Phi) is 5.84. The number of hydrogen-bond acceptors (Lipinski definition) is 4. The van der Waals surface area contributed by atoms with Crippen LogP contribution in [0.4, 0.5) is 15.8 Å². The number of anilines is 2. The van der Waals surface area contributed by atoms with E-state index in [1.165, 1.54) is 43.5 Å². The fraction of sp³-hybridized carbons (Fsp3) is 0.0952. The highest BCUT2D eigenvalue weighted by Crippen LogP contribution is 2.26. The Balaban J connectivity index is 1.76. The lowest BCUT2D eigenvalue weighted by Crippen LogP contribution is -2.15. The van der Waals surface area contributed by atoms with Crippen molar-refractivity contribution in [2.24, 2.45) is 0 Å². The molecule has 0 bridgehead atoms. The fourth-order valence-corrected chi connectivity index (χ4v) is 3.69. The number of carbonyl (C=O) groups excluding carboxylic acids is 1. The van der Waals surface area contributed by atoms with Crippen molar-refractivity contribution < 1.29 is 22.3 Å². The van der Waals surface area contributed by atoms with Crippen molar-refractivity contribution in [3.05, 3.63) is 83.7 Å². The molecule has 150 valence electrons. The molecule has 1 amide bonds. The standard InChI is InChI=1S/C21H19FN2O4S/c1-14-3-12-20(28-2)19(13-14)23-21(25)15-4-10-18(11-5-15)29(26,27)24-17-8-6-16(22)7-9-17/h3-13,24H,1-2H3,(H,23,25). The topological polar surface area (TPSA) is 84.5 Å². The van der Waals surface area contributed by atoms with Gasteiger partial charge in [0.1, 0.15) is 11.6 Å². The summed E-state index contributed by atoms with van der Waals surface area (Å²) in [7, 11) is -2.36. The molecule has 3 aromatic carbocycles. The number of benzene rings is 3. The van der Waals surface area contributed by atoms with Gasteiger partial charge in [-0.2, -0.15) is 0 Å². The van der Waals surface area contributed by atoms with E-state index in [9.17, 15) is 17.6 Å². The predicted octanol–water partition coefficient (Wildman–Crippen LogP) is 4.20. The van der Waals surface area contributed by atoms with Gasteiger partial charge in [0.15, 0.2) is 0 Å². The number of carbonyl (C=O) groups is 1. The van der Waals surface area contributed by atoms with Crippen molar-refractivity contribution in [3.8, 4) is 5.75 Å². The van der Waals surface area contributed by atoms with E-state index in [0.717, 1.165) is 17.7 Å². The van der Waals surface area contributed by atoms with Gasteiger partial charge in [-0.25, -0.2) is 12.8 Å². The number of ether oxygens (including phenoxy) is 1. The zero-order chi connectivity index (χ0) is 21.0. The molecule has 0 saturated heterocycles. The molecule has 0 aliphatic rings. The molecule has 8 heteroatoms. The number of methoxy groups -OCH3 is 1. The van der Waals surface area contributed by atoms with Crippen LogP contribution in [0.2, 0.25) is 0 Å². The van der Waals surface area contributed by atoms with Gasteiger partial charge in [0.2, 0.25) is 0 Å². The third-order valence-corrected chi connectivity index (χ3v) is 5.52. The van der Waals surface area contributed by atoms with Gasteiger partial charge in [0.25, 0.3) is 15.9 Å². The predicted molar refractivity (Wildman–Crippen MR) is 109 cm³/mol. The smallest absolute Gasteiger partial charge is 0.261 e. The molecule has 3 aromatic rings. The van der Waals surface area contributed by atoms with Crippen molar-refractivity contribution in [2.45, 2.75) is 11.8 Å². The van der Waals surface area contributed by atoms with Gasteiger partial charge in [0, 0.05) is 11.3 Å². The number of sulfonamides is 1. The van der Waals surface area contributed by atoms with E-state index in [4.69, 9.17) is 4.74 Å². The highest BCUT2D eigenvalue weighted by molar-refractivity contribution is 7.92. The van der Waals surface area contributed by atoms with Crippen LogP contribution in [-0.2, 0) is 10.0 Å². The number of amides is 1. The van der Waals surface area contributed by atoms with Crippen LogP contribution in [0.5, 0.6) is 5.75 Å². The van der Waals surface area contributed by atoms with Crippen LogP contribution in [0.25, 0.3) is 0 Å². The van der Waals surface area contributed by atoms with Crippen LogP contribution in [-0.4, -0.2) is 21.4 Å². The van der Waals surface area contributed by atoms with E-state index < -0.39 is 21.7 Å². The van der Waals surface area contributed by atoms with Crippen molar-refractivity contribution in [1.29, 1.82) is 0 Å². The van der Waals surface area contributed by atoms with Crippen LogP contribution in [0.1, 0.15) is 15.9 Å². The molecule has 0 atom stereocenters. The molecule has 2 N–H and O–H groups in total. The van der Waals surface area contributed by atoms with E-state index in [1.807, 2.05) is 13.0 Å². The van der Waals surface area contributed by atoms with E-state index in [-0.39, 0.29) is 16.1 Å². The molecule has 29 heavy (non-hydrogen) atoms. The lowest BCUT2D eigenvalue weighted by molar-refractivity contribution is 0.102. The Hall–Kier alpha value is -3.39. The third-order valence-electron chi connectivity index (χ3n) is 4.13. The van der Waals surface area contributed by atoms with Crippen LogP contribution >= 0.6 is 0 Å². The van der Waals surface area contributed by atoms with E-state index in [0.29, 0.717) is 11.4 Å². The van der Waals surface area contributed by atoms with Crippen molar-refractivity contribution in [1.82, 2.24) is 0 Å². The molecule has 0 saturated carbocycles. The number of nitrogens with one attached hydrogen (secondary N) is 2. The Morgan fingerprint density at radius 1 is 0.966 bits per heavy atom. The molecule has 0 spiro atoms. The van der Waals surface area contributed by atoms with Crippen LogP contribution in [0.3, 0.4) is 0 Å².